The monoisotopic (exact) mass is 265 g/mol. The summed E-state index contributed by atoms with van der Waals surface area (Å²) in [5, 5.41) is 0. The second-order valence-electron chi connectivity index (χ2n) is 8.21. The third kappa shape index (κ3) is 2.45. The lowest BCUT2D eigenvalue weighted by atomic mass is 9.71. The fourth-order valence-electron chi connectivity index (χ4n) is 4.89. The fraction of sp³-hybridized carbons (Fsp3) is 1.00. The van der Waals surface area contributed by atoms with Crippen LogP contribution in [0.2, 0.25) is 0 Å². The van der Waals surface area contributed by atoms with Gasteiger partial charge in [0.05, 0.1) is 0 Å². The average Bonchev–Trinajstić information content (AvgIpc) is 2.64. The first-order valence-corrected chi connectivity index (χ1v) is 8.00. The quantitative estimate of drug-likeness (QED) is 0.751. The summed E-state index contributed by atoms with van der Waals surface area (Å²) in [5.41, 5.74) is 1.04. The highest BCUT2D eigenvalue weighted by atomic mass is 15.3. The smallest absolute Gasteiger partial charge is 0.00541 e. The maximum atomic E-state index is 2.78. The summed E-state index contributed by atoms with van der Waals surface area (Å²) in [4.78, 5) is 7.79. The number of hydrogen-bond donors (Lipinski definition) is 0. The minimum Gasteiger partial charge on any atom is -0.306 e. The molecule has 0 aromatic rings. The molecule has 3 aliphatic rings. The van der Waals surface area contributed by atoms with Crippen LogP contribution in [0.3, 0.4) is 0 Å². The lowest BCUT2D eigenvalue weighted by Crippen LogP contribution is -2.38. The standard InChI is InChI=1S/C16H31N3/c1-15-10-18(4)11-16(15,2)13-19(12-15)9-14-5-7-17(3)8-6-14/h14H,5-13H2,1-4H3/t15-,16+. The van der Waals surface area contributed by atoms with Gasteiger partial charge in [0.1, 0.15) is 0 Å². The molecule has 0 unspecified atom stereocenters. The molecule has 3 saturated heterocycles. The van der Waals surface area contributed by atoms with Gasteiger partial charge in [-0.3, -0.25) is 0 Å². The SMILES string of the molecule is CN1CCC(CN2C[C@]3(C)CN(C)C[C@]3(C)C2)CC1. The molecule has 0 aromatic carbocycles. The molecule has 0 bridgehead atoms. The van der Waals surface area contributed by atoms with Crippen molar-refractivity contribution in [2.45, 2.75) is 26.7 Å². The Kier molecular flexibility index (Phi) is 3.43. The summed E-state index contributed by atoms with van der Waals surface area (Å²) in [6.07, 6.45) is 2.81. The molecule has 0 N–H and O–H groups in total. The summed E-state index contributed by atoms with van der Waals surface area (Å²) >= 11 is 0. The topological polar surface area (TPSA) is 9.72 Å². The predicted molar refractivity (Wildman–Crippen MR) is 80.4 cm³/mol. The molecular formula is C16H31N3. The Balaban J connectivity index is 1.58. The van der Waals surface area contributed by atoms with Crippen LogP contribution in [0, 0.1) is 16.7 Å². The van der Waals surface area contributed by atoms with Crippen molar-refractivity contribution in [3.05, 3.63) is 0 Å². The molecule has 3 nitrogen and oxygen atoms in total. The maximum Gasteiger partial charge on any atom is 0.00541 e. The number of rotatable bonds is 2. The van der Waals surface area contributed by atoms with Crippen LogP contribution in [-0.2, 0) is 0 Å². The van der Waals surface area contributed by atoms with Crippen LogP contribution in [0.25, 0.3) is 0 Å². The second-order valence-corrected chi connectivity index (χ2v) is 8.21. The number of hydrogen-bond acceptors (Lipinski definition) is 3. The van der Waals surface area contributed by atoms with Crippen LogP contribution < -0.4 is 0 Å². The zero-order valence-electron chi connectivity index (χ0n) is 13.3. The van der Waals surface area contributed by atoms with Gasteiger partial charge in [-0.1, -0.05) is 13.8 Å². The van der Waals surface area contributed by atoms with Gasteiger partial charge in [0.25, 0.3) is 0 Å². The van der Waals surface area contributed by atoms with Crippen molar-refractivity contribution < 1.29 is 0 Å². The van der Waals surface area contributed by atoms with Crippen molar-refractivity contribution in [1.82, 2.24) is 14.7 Å². The molecule has 3 fully saturated rings. The molecule has 19 heavy (non-hydrogen) atoms. The van der Waals surface area contributed by atoms with Crippen molar-refractivity contribution in [2.75, 3.05) is 59.9 Å². The van der Waals surface area contributed by atoms with E-state index in [1.807, 2.05) is 0 Å². The third-order valence-corrected chi connectivity index (χ3v) is 6.19. The van der Waals surface area contributed by atoms with Gasteiger partial charge in [0.2, 0.25) is 0 Å². The van der Waals surface area contributed by atoms with E-state index in [0.29, 0.717) is 10.8 Å². The zero-order valence-corrected chi connectivity index (χ0v) is 13.3. The molecule has 0 aromatic heterocycles. The summed E-state index contributed by atoms with van der Waals surface area (Å²) < 4.78 is 0. The molecular weight excluding hydrogens is 234 g/mol. The minimum atomic E-state index is 0.521. The van der Waals surface area contributed by atoms with Gasteiger partial charge < -0.3 is 14.7 Å². The largest absolute Gasteiger partial charge is 0.306 e. The van der Waals surface area contributed by atoms with E-state index in [0.717, 1.165) is 5.92 Å². The molecule has 0 saturated carbocycles. The van der Waals surface area contributed by atoms with Crippen LogP contribution in [0.4, 0.5) is 0 Å². The Morgan fingerprint density at radius 2 is 1.37 bits per heavy atom. The van der Waals surface area contributed by atoms with Crippen molar-refractivity contribution >= 4 is 0 Å². The van der Waals surface area contributed by atoms with Gasteiger partial charge in [-0.15, -0.1) is 0 Å². The molecule has 0 spiro atoms. The van der Waals surface area contributed by atoms with E-state index in [-0.39, 0.29) is 0 Å². The molecule has 3 aliphatic heterocycles. The lowest BCUT2D eigenvalue weighted by molar-refractivity contribution is 0.160. The molecule has 3 heterocycles. The van der Waals surface area contributed by atoms with Crippen LogP contribution in [-0.4, -0.2) is 74.6 Å². The summed E-state index contributed by atoms with van der Waals surface area (Å²) in [6, 6.07) is 0. The van der Waals surface area contributed by atoms with E-state index in [1.54, 1.807) is 0 Å². The van der Waals surface area contributed by atoms with Gasteiger partial charge in [0, 0.05) is 43.6 Å². The molecule has 0 amide bonds. The van der Waals surface area contributed by atoms with Crippen LogP contribution in [0.15, 0.2) is 0 Å². The number of fused-ring (bicyclic) bond motifs is 1. The van der Waals surface area contributed by atoms with E-state index in [4.69, 9.17) is 0 Å². The normalized spacial score (nSPS) is 42.9. The summed E-state index contributed by atoms with van der Waals surface area (Å²) in [5.74, 6) is 0.944. The molecule has 2 atom stereocenters. The molecule has 0 radical (unpaired) electrons. The van der Waals surface area contributed by atoms with Crippen molar-refractivity contribution in [3.63, 3.8) is 0 Å². The first-order chi connectivity index (χ1) is 8.90. The average molecular weight is 265 g/mol. The first-order valence-electron chi connectivity index (χ1n) is 8.00. The van der Waals surface area contributed by atoms with E-state index in [2.05, 4.69) is 42.6 Å². The van der Waals surface area contributed by atoms with Crippen LogP contribution >= 0.6 is 0 Å². The minimum absolute atomic E-state index is 0.521. The third-order valence-electron chi connectivity index (χ3n) is 6.19. The van der Waals surface area contributed by atoms with E-state index >= 15 is 0 Å². The van der Waals surface area contributed by atoms with Crippen LogP contribution in [0.5, 0.6) is 0 Å². The van der Waals surface area contributed by atoms with Gasteiger partial charge in [-0.05, 0) is 45.9 Å². The van der Waals surface area contributed by atoms with Gasteiger partial charge in [-0.25, -0.2) is 0 Å². The van der Waals surface area contributed by atoms with Crippen molar-refractivity contribution in [3.8, 4) is 0 Å². The number of likely N-dealkylation sites (tertiary alicyclic amines) is 3. The maximum absolute atomic E-state index is 2.78. The Morgan fingerprint density at radius 1 is 0.842 bits per heavy atom. The Bertz CT molecular complexity index is 317. The van der Waals surface area contributed by atoms with Gasteiger partial charge in [-0.2, -0.15) is 0 Å². The molecule has 110 valence electrons. The predicted octanol–water partition coefficient (Wildman–Crippen LogP) is 1.60. The van der Waals surface area contributed by atoms with E-state index in [1.165, 1.54) is 58.7 Å². The molecule has 3 heteroatoms. The molecule has 3 rings (SSSR count). The second kappa shape index (κ2) is 4.71. The highest BCUT2D eigenvalue weighted by molar-refractivity contribution is 5.09. The van der Waals surface area contributed by atoms with Crippen LogP contribution in [0.1, 0.15) is 26.7 Å². The zero-order chi connectivity index (χ0) is 13.7. The van der Waals surface area contributed by atoms with Crippen molar-refractivity contribution in [1.29, 1.82) is 0 Å². The number of nitrogens with zero attached hydrogens (tertiary/aromatic N) is 3. The van der Waals surface area contributed by atoms with Gasteiger partial charge in [0.15, 0.2) is 0 Å². The van der Waals surface area contributed by atoms with Gasteiger partial charge >= 0.3 is 0 Å². The Labute approximate surface area is 118 Å². The summed E-state index contributed by atoms with van der Waals surface area (Å²) in [7, 11) is 4.55. The molecule has 0 aliphatic carbocycles. The Hall–Kier alpha value is -0.120. The highest BCUT2D eigenvalue weighted by Gasteiger charge is 2.56. The highest BCUT2D eigenvalue weighted by Crippen LogP contribution is 2.51. The first kappa shape index (κ1) is 13.8. The lowest BCUT2D eigenvalue weighted by Gasteiger charge is -2.32. The summed E-state index contributed by atoms with van der Waals surface area (Å²) in [6.45, 7) is 14.2. The van der Waals surface area contributed by atoms with Crippen molar-refractivity contribution in [2.24, 2.45) is 16.7 Å². The van der Waals surface area contributed by atoms with E-state index in [9.17, 15) is 0 Å². The number of piperidine rings is 1. The van der Waals surface area contributed by atoms with E-state index < -0.39 is 0 Å². The fourth-order valence-corrected chi connectivity index (χ4v) is 4.89. The Morgan fingerprint density at radius 3 is 1.89 bits per heavy atom.